The van der Waals surface area contributed by atoms with E-state index in [4.69, 9.17) is 4.74 Å². The fraction of sp³-hybridized carbons (Fsp3) is 0.714. The molecular weight excluding hydrogens is 230 g/mol. The number of carbonyl (C=O) groups excluding carboxylic acids is 2. The van der Waals surface area contributed by atoms with Crippen LogP contribution in [0.2, 0.25) is 0 Å². The Kier molecular flexibility index (Phi) is 2.99. The molecule has 1 heterocycles. The molecule has 1 saturated carbocycles. The van der Waals surface area contributed by atoms with Crippen molar-refractivity contribution in [2.45, 2.75) is 52.2 Å². The van der Waals surface area contributed by atoms with Gasteiger partial charge < -0.3 is 9.64 Å². The molecule has 0 N–H and O–H groups in total. The lowest BCUT2D eigenvalue weighted by Crippen LogP contribution is -2.51. The molecule has 0 bridgehead atoms. The molecule has 2 rings (SSSR count). The number of amides is 1. The highest BCUT2D eigenvalue weighted by Gasteiger charge is 2.50. The third-order valence-corrected chi connectivity index (χ3v) is 3.71. The van der Waals surface area contributed by atoms with Gasteiger partial charge in [-0.1, -0.05) is 12.2 Å². The molecule has 0 aromatic rings. The van der Waals surface area contributed by atoms with Crippen LogP contribution in [-0.4, -0.2) is 35.0 Å². The van der Waals surface area contributed by atoms with Crippen LogP contribution >= 0.6 is 0 Å². The maximum Gasteiger partial charge on any atom is 0.410 e. The summed E-state index contributed by atoms with van der Waals surface area (Å²) in [5.41, 5.74) is -1.02. The molecule has 0 radical (unpaired) electrons. The SMILES string of the molecule is CC(C)(C)OC(=O)N1CC=C[C@@]2(C)C(=O)CC[C@@H]12. The number of rotatable bonds is 0. The number of carbonyl (C=O) groups is 2. The summed E-state index contributed by atoms with van der Waals surface area (Å²) in [6.07, 6.45) is 4.80. The van der Waals surface area contributed by atoms with Gasteiger partial charge in [0.25, 0.3) is 0 Å². The number of Topliss-reactive ketones (excluding diaryl/α,β-unsaturated/α-hetero) is 1. The number of hydrogen-bond acceptors (Lipinski definition) is 3. The van der Waals surface area contributed by atoms with Gasteiger partial charge >= 0.3 is 6.09 Å². The van der Waals surface area contributed by atoms with E-state index in [9.17, 15) is 9.59 Å². The summed E-state index contributed by atoms with van der Waals surface area (Å²) in [4.78, 5) is 25.8. The zero-order valence-electron chi connectivity index (χ0n) is 11.5. The molecular formula is C14H21NO3. The van der Waals surface area contributed by atoms with Crippen molar-refractivity contribution < 1.29 is 14.3 Å². The second kappa shape index (κ2) is 4.11. The fourth-order valence-corrected chi connectivity index (χ4v) is 2.77. The third kappa shape index (κ3) is 2.16. The van der Waals surface area contributed by atoms with E-state index in [0.29, 0.717) is 13.0 Å². The average molecular weight is 251 g/mol. The average Bonchev–Trinajstić information content (AvgIpc) is 2.52. The van der Waals surface area contributed by atoms with Crippen molar-refractivity contribution in [2.24, 2.45) is 5.41 Å². The summed E-state index contributed by atoms with van der Waals surface area (Å²) in [6.45, 7) is 8.00. The standard InChI is InChI=1S/C14H21NO3/c1-13(2,3)18-12(17)15-9-5-8-14(4)10(15)6-7-11(14)16/h5,8,10H,6-7,9H2,1-4H3/t10-,14-/m1/s1. The number of nitrogens with zero attached hydrogens (tertiary/aromatic N) is 1. The van der Waals surface area contributed by atoms with Gasteiger partial charge in [-0.15, -0.1) is 0 Å². The third-order valence-electron chi connectivity index (χ3n) is 3.71. The number of ketones is 1. The van der Waals surface area contributed by atoms with Gasteiger partial charge in [-0.3, -0.25) is 4.79 Å². The molecule has 1 fully saturated rings. The van der Waals surface area contributed by atoms with Crippen LogP contribution in [0.4, 0.5) is 4.79 Å². The Balaban J connectivity index is 2.19. The van der Waals surface area contributed by atoms with E-state index in [0.717, 1.165) is 6.42 Å². The predicted octanol–water partition coefficient (Wildman–Crippen LogP) is 2.53. The normalized spacial score (nSPS) is 31.4. The summed E-state index contributed by atoms with van der Waals surface area (Å²) in [7, 11) is 0. The minimum Gasteiger partial charge on any atom is -0.444 e. The van der Waals surface area contributed by atoms with Crippen LogP contribution in [0.15, 0.2) is 12.2 Å². The molecule has 0 spiro atoms. The molecule has 2 aliphatic rings. The summed E-state index contributed by atoms with van der Waals surface area (Å²) in [6, 6.07) is -0.0511. The van der Waals surface area contributed by atoms with E-state index in [1.54, 1.807) is 4.90 Å². The summed E-state index contributed by atoms with van der Waals surface area (Å²) in [5.74, 6) is 0.219. The quantitative estimate of drug-likeness (QED) is 0.621. The zero-order valence-corrected chi connectivity index (χ0v) is 11.5. The van der Waals surface area contributed by atoms with Crippen molar-refractivity contribution in [2.75, 3.05) is 6.54 Å². The maximum absolute atomic E-state index is 12.2. The molecule has 0 aromatic heterocycles. The highest BCUT2D eigenvalue weighted by atomic mass is 16.6. The van der Waals surface area contributed by atoms with E-state index in [1.807, 2.05) is 39.8 Å². The van der Waals surface area contributed by atoms with E-state index < -0.39 is 11.0 Å². The van der Waals surface area contributed by atoms with Gasteiger partial charge in [-0.2, -0.15) is 0 Å². The van der Waals surface area contributed by atoms with E-state index >= 15 is 0 Å². The second-order valence-electron chi connectivity index (χ2n) is 6.30. The van der Waals surface area contributed by atoms with Crippen LogP contribution < -0.4 is 0 Å². The van der Waals surface area contributed by atoms with Crippen LogP contribution in [0.1, 0.15) is 40.5 Å². The Hall–Kier alpha value is -1.32. The molecule has 0 unspecified atom stereocenters. The van der Waals surface area contributed by atoms with Gasteiger partial charge in [-0.05, 0) is 34.1 Å². The molecule has 0 saturated heterocycles. The second-order valence-corrected chi connectivity index (χ2v) is 6.30. The van der Waals surface area contributed by atoms with Crippen LogP contribution in [-0.2, 0) is 9.53 Å². The van der Waals surface area contributed by atoms with Gasteiger partial charge in [0.2, 0.25) is 0 Å². The monoisotopic (exact) mass is 251 g/mol. The van der Waals surface area contributed by atoms with Crippen LogP contribution in [0.5, 0.6) is 0 Å². The Morgan fingerprint density at radius 3 is 2.78 bits per heavy atom. The van der Waals surface area contributed by atoms with E-state index in [2.05, 4.69) is 0 Å². The first kappa shape index (κ1) is 13.1. The van der Waals surface area contributed by atoms with Crippen molar-refractivity contribution in [1.82, 2.24) is 4.90 Å². The summed E-state index contributed by atoms with van der Waals surface area (Å²) >= 11 is 0. The van der Waals surface area contributed by atoms with Crippen molar-refractivity contribution >= 4 is 11.9 Å². The zero-order chi connectivity index (χ0) is 13.6. The fourth-order valence-electron chi connectivity index (χ4n) is 2.77. The van der Waals surface area contributed by atoms with Gasteiger partial charge in [-0.25, -0.2) is 4.79 Å². The Morgan fingerprint density at radius 1 is 1.50 bits per heavy atom. The van der Waals surface area contributed by atoms with Gasteiger partial charge in [0.05, 0.1) is 11.5 Å². The number of ether oxygens (including phenoxy) is 1. The maximum atomic E-state index is 12.2. The van der Waals surface area contributed by atoms with Crippen molar-refractivity contribution in [1.29, 1.82) is 0 Å². The molecule has 4 nitrogen and oxygen atoms in total. The minimum atomic E-state index is -0.519. The van der Waals surface area contributed by atoms with Crippen molar-refractivity contribution in [3.8, 4) is 0 Å². The Morgan fingerprint density at radius 2 is 2.17 bits per heavy atom. The van der Waals surface area contributed by atoms with Gasteiger partial charge in [0, 0.05) is 13.0 Å². The molecule has 1 aliphatic carbocycles. The van der Waals surface area contributed by atoms with Crippen LogP contribution in [0, 0.1) is 5.41 Å². The highest BCUT2D eigenvalue weighted by Crippen LogP contribution is 2.42. The van der Waals surface area contributed by atoms with Crippen LogP contribution in [0.3, 0.4) is 0 Å². The predicted molar refractivity (Wildman–Crippen MR) is 68.2 cm³/mol. The van der Waals surface area contributed by atoms with Crippen LogP contribution in [0.25, 0.3) is 0 Å². The largest absolute Gasteiger partial charge is 0.444 e. The van der Waals surface area contributed by atoms with Crippen molar-refractivity contribution in [3.05, 3.63) is 12.2 Å². The Bertz CT molecular complexity index is 408. The smallest absolute Gasteiger partial charge is 0.410 e. The summed E-state index contributed by atoms with van der Waals surface area (Å²) < 4.78 is 5.41. The van der Waals surface area contributed by atoms with E-state index in [-0.39, 0.29) is 17.9 Å². The van der Waals surface area contributed by atoms with E-state index in [1.165, 1.54) is 0 Å². The highest BCUT2D eigenvalue weighted by molar-refractivity contribution is 5.90. The Labute approximate surface area is 108 Å². The summed E-state index contributed by atoms with van der Waals surface area (Å²) in [5, 5.41) is 0. The lowest BCUT2D eigenvalue weighted by atomic mass is 9.81. The lowest BCUT2D eigenvalue weighted by molar-refractivity contribution is -0.124. The first-order chi connectivity index (χ1) is 8.24. The molecule has 4 heteroatoms. The molecule has 100 valence electrons. The lowest BCUT2D eigenvalue weighted by Gasteiger charge is -2.40. The number of hydrogen-bond donors (Lipinski definition) is 0. The topological polar surface area (TPSA) is 46.6 Å². The van der Waals surface area contributed by atoms with Crippen molar-refractivity contribution in [3.63, 3.8) is 0 Å². The molecule has 0 aromatic carbocycles. The first-order valence-electron chi connectivity index (χ1n) is 6.45. The first-order valence-corrected chi connectivity index (χ1v) is 6.45. The molecule has 1 amide bonds. The molecule has 1 aliphatic heterocycles. The van der Waals surface area contributed by atoms with Gasteiger partial charge in [0.15, 0.2) is 0 Å². The molecule has 18 heavy (non-hydrogen) atoms. The molecule has 2 atom stereocenters. The van der Waals surface area contributed by atoms with Gasteiger partial charge in [0.1, 0.15) is 11.4 Å². The number of fused-ring (bicyclic) bond motifs is 1. The minimum absolute atomic E-state index is 0.0511.